The summed E-state index contributed by atoms with van der Waals surface area (Å²) in [5, 5.41) is 9.92. The normalized spacial score (nSPS) is 32.9. The minimum Gasteiger partial charge on any atom is -0.393 e. The van der Waals surface area contributed by atoms with Crippen molar-refractivity contribution < 1.29 is 27.2 Å². The Morgan fingerprint density at radius 2 is 1.96 bits per heavy atom. The molecule has 0 radical (unpaired) electrons. The molecule has 3 rings (SSSR count). The average Bonchev–Trinajstić information content (AvgIpc) is 3.49. The second kappa shape index (κ2) is 7.20. The van der Waals surface area contributed by atoms with Crippen LogP contribution in [0.4, 0.5) is 0 Å². The zero-order chi connectivity index (χ0) is 19.1. The van der Waals surface area contributed by atoms with Gasteiger partial charge in [0.1, 0.15) is 6.10 Å². The molecule has 2 fully saturated rings. The van der Waals surface area contributed by atoms with Crippen LogP contribution >= 0.6 is 0 Å². The first-order valence-electron chi connectivity index (χ1n) is 9.14. The monoisotopic (exact) mass is 384 g/mol. The molecule has 1 aromatic carbocycles. The Morgan fingerprint density at radius 3 is 2.58 bits per heavy atom. The molecule has 0 aliphatic carbocycles. The maximum atomic E-state index is 12.2. The van der Waals surface area contributed by atoms with Crippen LogP contribution in [0.1, 0.15) is 39.2 Å². The number of epoxide rings is 2. The Kier molecular flexibility index (Phi) is 5.48. The third-order valence-electron chi connectivity index (χ3n) is 5.49. The number of hydrogen-bond acceptors (Lipinski definition) is 6. The van der Waals surface area contributed by atoms with Crippen molar-refractivity contribution in [3.05, 3.63) is 29.8 Å². The molecule has 146 valence electrons. The summed E-state index contributed by atoms with van der Waals surface area (Å²) in [5.41, 5.74) is 0.558. The molecule has 6 nitrogen and oxygen atoms in total. The van der Waals surface area contributed by atoms with Crippen molar-refractivity contribution in [2.24, 2.45) is 5.92 Å². The summed E-state index contributed by atoms with van der Waals surface area (Å²) in [6, 6.07) is 6.57. The summed E-state index contributed by atoms with van der Waals surface area (Å²) in [6.07, 6.45) is 0.848. The van der Waals surface area contributed by atoms with Crippen molar-refractivity contribution in [1.29, 1.82) is 0 Å². The maximum Gasteiger partial charge on any atom is 0.297 e. The van der Waals surface area contributed by atoms with Crippen LogP contribution in [0.15, 0.2) is 29.2 Å². The van der Waals surface area contributed by atoms with Gasteiger partial charge in [-0.3, -0.25) is 4.18 Å². The molecule has 2 heterocycles. The Morgan fingerprint density at radius 1 is 1.31 bits per heavy atom. The van der Waals surface area contributed by atoms with Gasteiger partial charge in [-0.05, 0) is 32.4 Å². The van der Waals surface area contributed by atoms with E-state index >= 15 is 0 Å². The molecule has 2 aliphatic heterocycles. The van der Waals surface area contributed by atoms with E-state index in [1.54, 1.807) is 24.3 Å². The third kappa shape index (κ3) is 4.28. The van der Waals surface area contributed by atoms with E-state index in [0.29, 0.717) is 12.8 Å². The van der Waals surface area contributed by atoms with Crippen LogP contribution in [-0.4, -0.2) is 50.1 Å². The summed E-state index contributed by atoms with van der Waals surface area (Å²) in [7, 11) is -3.78. The average molecular weight is 384 g/mol. The number of hydrogen-bond donors (Lipinski definition) is 1. The molecule has 0 spiro atoms. The highest BCUT2D eigenvalue weighted by Crippen LogP contribution is 2.47. The van der Waals surface area contributed by atoms with Crippen molar-refractivity contribution in [2.45, 2.75) is 75.4 Å². The highest BCUT2D eigenvalue weighted by molar-refractivity contribution is 7.86. The molecule has 1 N–H and O–H groups in total. The number of aryl methyl sites for hydroxylation is 1. The summed E-state index contributed by atoms with van der Waals surface area (Å²) in [6.45, 7) is 7.78. The van der Waals surface area contributed by atoms with Crippen molar-refractivity contribution in [2.75, 3.05) is 6.61 Å². The van der Waals surface area contributed by atoms with Gasteiger partial charge in [0.05, 0.1) is 35.4 Å². The molecule has 0 aromatic heterocycles. The molecule has 0 bridgehead atoms. The predicted molar refractivity (Wildman–Crippen MR) is 96.3 cm³/mol. The van der Waals surface area contributed by atoms with Crippen molar-refractivity contribution in [3.8, 4) is 0 Å². The van der Waals surface area contributed by atoms with Crippen LogP contribution in [0.3, 0.4) is 0 Å². The number of benzene rings is 1. The molecule has 7 heteroatoms. The van der Waals surface area contributed by atoms with E-state index in [1.807, 2.05) is 27.7 Å². The van der Waals surface area contributed by atoms with Gasteiger partial charge in [0.25, 0.3) is 10.1 Å². The fourth-order valence-electron chi connectivity index (χ4n) is 3.38. The van der Waals surface area contributed by atoms with Gasteiger partial charge < -0.3 is 14.6 Å². The molecular formula is C19H28O6S. The fourth-order valence-corrected chi connectivity index (χ4v) is 4.29. The summed E-state index contributed by atoms with van der Waals surface area (Å²) < 4.78 is 41.0. The van der Waals surface area contributed by atoms with E-state index in [0.717, 1.165) is 5.56 Å². The number of rotatable bonds is 9. The Labute approximate surface area is 155 Å². The van der Waals surface area contributed by atoms with E-state index in [9.17, 15) is 13.5 Å². The molecule has 0 saturated carbocycles. The molecule has 6 atom stereocenters. The summed E-state index contributed by atoms with van der Waals surface area (Å²) >= 11 is 0. The van der Waals surface area contributed by atoms with Gasteiger partial charge in [0, 0.05) is 12.3 Å². The molecule has 26 heavy (non-hydrogen) atoms. The van der Waals surface area contributed by atoms with Gasteiger partial charge in [-0.15, -0.1) is 0 Å². The second-order valence-electron chi connectivity index (χ2n) is 7.65. The summed E-state index contributed by atoms with van der Waals surface area (Å²) in [5.74, 6) is 0.0870. The SMILES string of the molecule is CC[C@H](O)[C@@H](C)[C@H]1O[C@H]1C[C@@]1(C)O[C@@H]1COS(=O)(=O)c1ccc(C)cc1. The zero-order valence-corrected chi connectivity index (χ0v) is 16.5. The lowest BCUT2D eigenvalue weighted by Gasteiger charge is -2.14. The van der Waals surface area contributed by atoms with E-state index in [1.165, 1.54) is 0 Å². The molecule has 2 saturated heterocycles. The largest absolute Gasteiger partial charge is 0.393 e. The van der Waals surface area contributed by atoms with Crippen molar-refractivity contribution in [3.63, 3.8) is 0 Å². The van der Waals surface area contributed by atoms with Crippen LogP contribution < -0.4 is 0 Å². The van der Waals surface area contributed by atoms with Gasteiger partial charge in [-0.25, -0.2) is 0 Å². The van der Waals surface area contributed by atoms with Gasteiger partial charge >= 0.3 is 0 Å². The van der Waals surface area contributed by atoms with Crippen molar-refractivity contribution in [1.82, 2.24) is 0 Å². The number of aliphatic hydroxyl groups excluding tert-OH is 1. The van der Waals surface area contributed by atoms with Crippen LogP contribution in [-0.2, 0) is 23.8 Å². The van der Waals surface area contributed by atoms with E-state index in [4.69, 9.17) is 13.7 Å². The topological polar surface area (TPSA) is 88.7 Å². The van der Waals surface area contributed by atoms with E-state index in [2.05, 4.69) is 0 Å². The minimum atomic E-state index is -3.78. The number of ether oxygens (including phenoxy) is 2. The lowest BCUT2D eigenvalue weighted by Crippen LogP contribution is -2.25. The lowest BCUT2D eigenvalue weighted by molar-refractivity contribution is 0.0953. The lowest BCUT2D eigenvalue weighted by atomic mass is 9.92. The van der Waals surface area contributed by atoms with Gasteiger partial charge in [-0.2, -0.15) is 8.42 Å². The van der Waals surface area contributed by atoms with Crippen LogP contribution in [0.25, 0.3) is 0 Å². The predicted octanol–water partition coefficient (Wildman–Crippen LogP) is 2.42. The molecule has 2 aliphatic rings. The van der Waals surface area contributed by atoms with E-state index < -0.39 is 15.7 Å². The van der Waals surface area contributed by atoms with Crippen LogP contribution in [0.5, 0.6) is 0 Å². The maximum absolute atomic E-state index is 12.2. The second-order valence-corrected chi connectivity index (χ2v) is 9.26. The quantitative estimate of drug-likeness (QED) is 0.520. The van der Waals surface area contributed by atoms with Crippen LogP contribution in [0, 0.1) is 12.8 Å². The first-order valence-corrected chi connectivity index (χ1v) is 10.5. The smallest absolute Gasteiger partial charge is 0.297 e. The van der Waals surface area contributed by atoms with Gasteiger partial charge in [0.15, 0.2) is 0 Å². The van der Waals surface area contributed by atoms with Crippen molar-refractivity contribution >= 4 is 10.1 Å². The minimum absolute atomic E-state index is 0.00274. The Bertz CT molecular complexity index is 731. The highest BCUT2D eigenvalue weighted by atomic mass is 32.2. The fraction of sp³-hybridized carbons (Fsp3) is 0.684. The van der Waals surface area contributed by atoms with Gasteiger partial charge in [0.2, 0.25) is 0 Å². The first-order chi connectivity index (χ1) is 12.2. The summed E-state index contributed by atoms with van der Waals surface area (Å²) in [4.78, 5) is 0.151. The van der Waals surface area contributed by atoms with Crippen LogP contribution in [0.2, 0.25) is 0 Å². The molecular weight excluding hydrogens is 356 g/mol. The standard InChI is InChI=1S/C19H28O6S/c1-5-15(20)13(3)18-16(24-18)10-19(4)17(25-19)11-23-26(21,22)14-8-6-12(2)7-9-14/h6-9,13,15-18,20H,5,10-11H2,1-4H3/t13-,15+,16+,17-,18-,19-/m1/s1. The molecule has 0 unspecified atom stereocenters. The third-order valence-corrected chi connectivity index (χ3v) is 6.79. The molecule has 1 aromatic rings. The zero-order valence-electron chi connectivity index (χ0n) is 15.7. The van der Waals surface area contributed by atoms with Gasteiger partial charge in [-0.1, -0.05) is 31.5 Å². The number of aliphatic hydroxyl groups is 1. The Hall–Kier alpha value is -0.990. The molecule has 0 amide bonds. The van der Waals surface area contributed by atoms with E-state index in [-0.39, 0.29) is 41.8 Å². The first kappa shape index (κ1) is 19.8. The highest BCUT2D eigenvalue weighted by Gasteiger charge is 2.58. The Balaban J connectivity index is 1.47.